The second-order valence-corrected chi connectivity index (χ2v) is 13.9. The fourth-order valence-electron chi connectivity index (χ4n) is 7.57. The van der Waals surface area contributed by atoms with Crippen molar-refractivity contribution in [3.05, 3.63) is 158 Å². The van der Waals surface area contributed by atoms with Crippen molar-refractivity contribution in [2.45, 2.75) is 0 Å². The minimum atomic E-state index is 0.603. The average Bonchev–Trinajstić information content (AvgIpc) is 3.88. The van der Waals surface area contributed by atoms with E-state index in [2.05, 4.69) is 114 Å². The fraction of sp³-hybridized carbons (Fsp3) is 0. The first-order valence-corrected chi connectivity index (χ1v) is 17.8. The lowest BCUT2D eigenvalue weighted by molar-refractivity contribution is 0.671. The van der Waals surface area contributed by atoms with Crippen LogP contribution in [-0.2, 0) is 0 Å². The standard InChI is InChI=1S/C45H26N4OS/c1-3-12-27(13-4-1)43-46-44(28-22-25-39-35(26-28)31-17-8-10-21-38(31)51-39)48-45(47-43)34-18-11-20-37-40(34)33-24-23-32-30-16-7-9-19-36(30)49(41(32)42(33)50-37)29-14-5-2-6-15-29/h1-26H. The van der Waals surface area contributed by atoms with Crippen molar-refractivity contribution in [1.29, 1.82) is 0 Å². The molecule has 0 saturated carbocycles. The zero-order chi connectivity index (χ0) is 33.5. The van der Waals surface area contributed by atoms with Crippen LogP contribution in [0.2, 0.25) is 0 Å². The number of benzene rings is 7. The van der Waals surface area contributed by atoms with Gasteiger partial charge in [0.05, 0.1) is 11.0 Å². The highest BCUT2D eigenvalue weighted by molar-refractivity contribution is 7.25. The molecule has 0 fully saturated rings. The first-order chi connectivity index (χ1) is 25.3. The van der Waals surface area contributed by atoms with Gasteiger partial charge in [0, 0.05) is 64.1 Å². The van der Waals surface area contributed by atoms with E-state index in [0.717, 1.165) is 60.7 Å². The predicted octanol–water partition coefficient (Wildman–Crippen LogP) is 12.2. The highest BCUT2D eigenvalue weighted by Crippen LogP contribution is 2.43. The van der Waals surface area contributed by atoms with Gasteiger partial charge in [-0.3, -0.25) is 0 Å². The zero-order valence-electron chi connectivity index (χ0n) is 27.1. The largest absolute Gasteiger partial charge is 0.454 e. The Balaban J connectivity index is 1.19. The number of rotatable bonds is 4. The quantitative estimate of drug-likeness (QED) is 0.187. The third kappa shape index (κ3) is 4.30. The van der Waals surface area contributed by atoms with Crippen LogP contribution in [0.4, 0.5) is 0 Å². The Bertz CT molecular complexity index is 3140. The summed E-state index contributed by atoms with van der Waals surface area (Å²) in [6, 6.07) is 54.8. The monoisotopic (exact) mass is 670 g/mol. The molecule has 0 aliphatic rings. The molecular weight excluding hydrogens is 645 g/mol. The van der Waals surface area contributed by atoms with Crippen molar-refractivity contribution in [3.63, 3.8) is 0 Å². The highest BCUT2D eigenvalue weighted by Gasteiger charge is 2.22. The maximum Gasteiger partial charge on any atom is 0.164 e. The van der Waals surface area contributed by atoms with E-state index in [1.165, 1.54) is 25.6 Å². The highest BCUT2D eigenvalue weighted by atomic mass is 32.1. The summed E-state index contributed by atoms with van der Waals surface area (Å²) in [6.45, 7) is 0. The van der Waals surface area contributed by atoms with Crippen molar-refractivity contribution in [2.75, 3.05) is 0 Å². The van der Waals surface area contributed by atoms with Gasteiger partial charge in [0.15, 0.2) is 23.1 Å². The van der Waals surface area contributed by atoms with E-state index in [1.54, 1.807) is 11.3 Å². The number of nitrogens with zero attached hydrogens (tertiary/aromatic N) is 4. The number of furan rings is 1. The summed E-state index contributed by atoms with van der Waals surface area (Å²) in [7, 11) is 0. The number of hydrogen-bond donors (Lipinski definition) is 0. The van der Waals surface area contributed by atoms with Crippen molar-refractivity contribution >= 4 is 75.3 Å². The third-order valence-corrected chi connectivity index (χ3v) is 11.0. The summed E-state index contributed by atoms with van der Waals surface area (Å²) in [5, 5.41) is 6.77. The summed E-state index contributed by atoms with van der Waals surface area (Å²) in [4.78, 5) is 15.4. The van der Waals surface area contributed by atoms with Crippen LogP contribution in [0, 0.1) is 0 Å². The average molecular weight is 671 g/mol. The summed E-state index contributed by atoms with van der Waals surface area (Å²) >= 11 is 1.81. The van der Waals surface area contributed by atoms with Crippen molar-refractivity contribution < 1.29 is 4.42 Å². The molecule has 0 N–H and O–H groups in total. The van der Waals surface area contributed by atoms with E-state index >= 15 is 0 Å². The molecule has 0 radical (unpaired) electrons. The summed E-state index contributed by atoms with van der Waals surface area (Å²) < 4.78 is 11.7. The summed E-state index contributed by atoms with van der Waals surface area (Å²) in [5.41, 5.74) is 7.67. The Morgan fingerprint density at radius 1 is 0.471 bits per heavy atom. The van der Waals surface area contributed by atoms with Crippen LogP contribution < -0.4 is 0 Å². The first-order valence-electron chi connectivity index (χ1n) is 16.9. The molecule has 51 heavy (non-hydrogen) atoms. The second-order valence-electron chi connectivity index (χ2n) is 12.8. The molecule has 0 aliphatic carbocycles. The molecule has 0 aliphatic heterocycles. The summed E-state index contributed by atoms with van der Waals surface area (Å²) in [5.74, 6) is 1.86. The molecule has 0 saturated heterocycles. The van der Waals surface area contributed by atoms with E-state index < -0.39 is 0 Å². The molecule has 238 valence electrons. The molecule has 0 atom stereocenters. The Morgan fingerprint density at radius 3 is 2.02 bits per heavy atom. The predicted molar refractivity (Wildman–Crippen MR) is 211 cm³/mol. The lowest BCUT2D eigenvalue weighted by Crippen LogP contribution is -2.00. The second kappa shape index (κ2) is 10.9. The van der Waals surface area contributed by atoms with E-state index in [4.69, 9.17) is 19.4 Å². The lowest BCUT2D eigenvalue weighted by atomic mass is 10.0. The Hall–Kier alpha value is -6.63. The van der Waals surface area contributed by atoms with Gasteiger partial charge in [-0.15, -0.1) is 11.3 Å². The maximum absolute atomic E-state index is 6.84. The number of para-hydroxylation sites is 2. The minimum absolute atomic E-state index is 0.603. The van der Waals surface area contributed by atoms with Gasteiger partial charge in [-0.25, -0.2) is 15.0 Å². The van der Waals surface area contributed by atoms with Crippen molar-refractivity contribution in [3.8, 4) is 39.9 Å². The molecule has 11 rings (SSSR count). The molecule has 0 amide bonds. The van der Waals surface area contributed by atoms with Crippen LogP contribution in [0.5, 0.6) is 0 Å². The van der Waals surface area contributed by atoms with E-state index in [1.807, 2.05) is 48.5 Å². The smallest absolute Gasteiger partial charge is 0.164 e. The molecule has 6 heteroatoms. The van der Waals surface area contributed by atoms with E-state index in [0.29, 0.717) is 17.5 Å². The summed E-state index contributed by atoms with van der Waals surface area (Å²) in [6.07, 6.45) is 0. The van der Waals surface area contributed by atoms with Crippen molar-refractivity contribution in [2.24, 2.45) is 0 Å². The Kier molecular flexibility index (Phi) is 6.05. The Morgan fingerprint density at radius 2 is 1.16 bits per heavy atom. The Labute approximate surface area is 295 Å². The first kappa shape index (κ1) is 28.2. The van der Waals surface area contributed by atoms with Crippen LogP contribution in [0.25, 0.3) is 104 Å². The van der Waals surface area contributed by atoms with Gasteiger partial charge >= 0.3 is 0 Å². The van der Waals surface area contributed by atoms with Gasteiger partial charge in [0.2, 0.25) is 0 Å². The normalized spacial score (nSPS) is 11.9. The van der Waals surface area contributed by atoms with Gasteiger partial charge in [-0.2, -0.15) is 0 Å². The molecule has 5 nitrogen and oxygen atoms in total. The molecule has 0 unspecified atom stereocenters. The molecule has 4 heterocycles. The molecule has 0 spiro atoms. The van der Waals surface area contributed by atoms with Crippen LogP contribution in [0.1, 0.15) is 0 Å². The van der Waals surface area contributed by atoms with Crippen molar-refractivity contribution in [1.82, 2.24) is 19.5 Å². The minimum Gasteiger partial charge on any atom is -0.454 e. The number of thiophene rings is 1. The number of aromatic nitrogens is 4. The van der Waals surface area contributed by atoms with E-state index in [9.17, 15) is 0 Å². The van der Waals surface area contributed by atoms with Crippen LogP contribution in [0.3, 0.4) is 0 Å². The zero-order valence-corrected chi connectivity index (χ0v) is 27.9. The lowest BCUT2D eigenvalue weighted by Gasteiger charge is -2.09. The topological polar surface area (TPSA) is 56.7 Å². The molecule has 4 aromatic heterocycles. The fourth-order valence-corrected chi connectivity index (χ4v) is 8.66. The van der Waals surface area contributed by atoms with E-state index in [-0.39, 0.29) is 0 Å². The molecular formula is C45H26N4OS. The molecule has 11 aromatic rings. The van der Waals surface area contributed by atoms with Crippen LogP contribution in [-0.4, -0.2) is 19.5 Å². The van der Waals surface area contributed by atoms with Crippen LogP contribution >= 0.6 is 11.3 Å². The third-order valence-electron chi connectivity index (χ3n) is 9.86. The molecule has 0 bridgehead atoms. The molecule has 7 aromatic carbocycles. The van der Waals surface area contributed by atoms with Crippen LogP contribution in [0.15, 0.2) is 162 Å². The van der Waals surface area contributed by atoms with Gasteiger partial charge in [-0.05, 0) is 54.6 Å². The van der Waals surface area contributed by atoms with Gasteiger partial charge in [0.25, 0.3) is 0 Å². The maximum atomic E-state index is 6.84. The van der Waals surface area contributed by atoms with Gasteiger partial charge in [0.1, 0.15) is 5.58 Å². The SMILES string of the molecule is c1ccc(-c2nc(-c3ccc4sc5ccccc5c4c3)nc(-c3cccc4oc5c(ccc6c7ccccc7n(-c7ccccc7)c65)c34)n2)cc1. The van der Waals surface area contributed by atoms with Gasteiger partial charge in [-0.1, -0.05) is 103 Å². The number of hydrogen-bond acceptors (Lipinski definition) is 5. The number of fused-ring (bicyclic) bond motifs is 10. The van der Waals surface area contributed by atoms with Gasteiger partial charge < -0.3 is 8.98 Å².